The Hall–Kier alpha value is -3.34. The van der Waals surface area contributed by atoms with E-state index < -0.39 is 0 Å². The van der Waals surface area contributed by atoms with Gasteiger partial charge in [-0.3, -0.25) is 9.59 Å². The molecule has 5 rings (SSSR count). The molecule has 134 valence electrons. The van der Waals surface area contributed by atoms with E-state index in [1.165, 1.54) is 16.6 Å². The average Bonchev–Trinajstić information content (AvgIpc) is 3.06. The number of carbonyl (C=O) groups is 1. The third-order valence-electron chi connectivity index (χ3n) is 5.41. The van der Waals surface area contributed by atoms with Crippen molar-refractivity contribution in [1.82, 2.24) is 14.9 Å². The SMILES string of the molecule is O=C(Cc1cc2ccccc2[nH]c1=O)N1CCc2[nH]c3ccccc3c2C1. The predicted molar refractivity (Wildman–Crippen MR) is 106 cm³/mol. The van der Waals surface area contributed by atoms with E-state index in [1.807, 2.05) is 47.4 Å². The quantitative estimate of drug-likeness (QED) is 0.579. The smallest absolute Gasteiger partial charge is 0.252 e. The van der Waals surface area contributed by atoms with Crippen LogP contribution in [-0.4, -0.2) is 27.3 Å². The summed E-state index contributed by atoms with van der Waals surface area (Å²) in [5.74, 6) is -0.00767. The molecule has 5 heteroatoms. The highest BCUT2D eigenvalue weighted by molar-refractivity contribution is 5.87. The number of fused-ring (bicyclic) bond motifs is 4. The van der Waals surface area contributed by atoms with E-state index in [9.17, 15) is 9.59 Å². The third kappa shape index (κ3) is 2.72. The number of nitrogens with one attached hydrogen (secondary N) is 2. The molecule has 2 aromatic heterocycles. The summed E-state index contributed by atoms with van der Waals surface area (Å²) in [4.78, 5) is 33.4. The molecule has 0 fully saturated rings. The number of carbonyl (C=O) groups excluding carboxylic acids is 1. The summed E-state index contributed by atoms with van der Waals surface area (Å²) in [5.41, 5.74) is 4.64. The number of aromatic amines is 2. The van der Waals surface area contributed by atoms with Crippen LogP contribution >= 0.6 is 0 Å². The van der Waals surface area contributed by atoms with Crippen LogP contribution in [0.3, 0.4) is 0 Å². The Morgan fingerprint density at radius 2 is 1.78 bits per heavy atom. The monoisotopic (exact) mass is 357 g/mol. The minimum Gasteiger partial charge on any atom is -0.358 e. The molecule has 0 bridgehead atoms. The van der Waals surface area contributed by atoms with Gasteiger partial charge in [0.2, 0.25) is 5.91 Å². The van der Waals surface area contributed by atoms with Crippen molar-refractivity contribution >= 4 is 27.7 Å². The molecule has 0 radical (unpaired) electrons. The Kier molecular flexibility index (Phi) is 3.60. The highest BCUT2D eigenvalue weighted by Crippen LogP contribution is 2.27. The van der Waals surface area contributed by atoms with Crippen molar-refractivity contribution in [3.8, 4) is 0 Å². The largest absolute Gasteiger partial charge is 0.358 e. The molecule has 0 spiro atoms. The molecule has 1 aliphatic heterocycles. The Labute approximate surface area is 155 Å². The van der Waals surface area contributed by atoms with Crippen LogP contribution in [0.2, 0.25) is 0 Å². The molecule has 0 saturated heterocycles. The highest BCUT2D eigenvalue weighted by Gasteiger charge is 2.24. The molecule has 1 amide bonds. The Morgan fingerprint density at radius 3 is 2.67 bits per heavy atom. The Bertz CT molecular complexity index is 1240. The first-order chi connectivity index (χ1) is 13.2. The van der Waals surface area contributed by atoms with Crippen LogP contribution in [0.5, 0.6) is 0 Å². The van der Waals surface area contributed by atoms with E-state index in [4.69, 9.17) is 0 Å². The van der Waals surface area contributed by atoms with Gasteiger partial charge >= 0.3 is 0 Å². The van der Waals surface area contributed by atoms with Gasteiger partial charge in [-0.15, -0.1) is 0 Å². The fourth-order valence-corrected chi connectivity index (χ4v) is 3.98. The number of para-hydroxylation sites is 2. The maximum Gasteiger partial charge on any atom is 0.252 e. The molecule has 3 heterocycles. The number of benzene rings is 2. The lowest BCUT2D eigenvalue weighted by atomic mass is 10.0. The molecule has 0 unspecified atom stereocenters. The lowest BCUT2D eigenvalue weighted by Crippen LogP contribution is -2.37. The standard InChI is InChI=1S/C22H19N3O2/c26-21(12-15-11-14-5-1-3-7-18(14)24-22(15)27)25-10-9-20-17(13-25)16-6-2-4-8-19(16)23-20/h1-8,11,23H,9-10,12-13H2,(H,24,27). The first-order valence-corrected chi connectivity index (χ1v) is 9.16. The molecule has 2 aromatic carbocycles. The summed E-state index contributed by atoms with van der Waals surface area (Å²) in [7, 11) is 0. The second kappa shape index (κ2) is 6.13. The number of amides is 1. The van der Waals surface area contributed by atoms with Crippen LogP contribution in [-0.2, 0) is 24.2 Å². The minimum absolute atomic E-state index is 0.00767. The molecule has 5 nitrogen and oxygen atoms in total. The third-order valence-corrected chi connectivity index (χ3v) is 5.41. The number of H-pyrrole nitrogens is 2. The number of aromatic nitrogens is 2. The van der Waals surface area contributed by atoms with Crippen molar-refractivity contribution in [2.75, 3.05) is 6.54 Å². The van der Waals surface area contributed by atoms with Crippen molar-refractivity contribution in [2.24, 2.45) is 0 Å². The maximum absolute atomic E-state index is 12.9. The first kappa shape index (κ1) is 15.9. The second-order valence-electron chi connectivity index (χ2n) is 7.08. The zero-order chi connectivity index (χ0) is 18.4. The van der Waals surface area contributed by atoms with E-state index in [-0.39, 0.29) is 17.9 Å². The molecule has 0 atom stereocenters. The van der Waals surface area contributed by atoms with Crippen molar-refractivity contribution in [1.29, 1.82) is 0 Å². The topological polar surface area (TPSA) is 69.0 Å². The Morgan fingerprint density at radius 1 is 1.00 bits per heavy atom. The van der Waals surface area contributed by atoms with E-state index in [2.05, 4.69) is 22.1 Å². The van der Waals surface area contributed by atoms with Gasteiger partial charge in [-0.05, 0) is 23.6 Å². The fourth-order valence-electron chi connectivity index (χ4n) is 3.98. The minimum atomic E-state index is -0.188. The molecule has 2 N–H and O–H groups in total. The van der Waals surface area contributed by atoms with Crippen LogP contribution in [0, 0.1) is 0 Å². The van der Waals surface area contributed by atoms with Crippen LogP contribution in [0.4, 0.5) is 0 Å². The number of hydrogen-bond acceptors (Lipinski definition) is 2. The summed E-state index contributed by atoms with van der Waals surface area (Å²) in [6.45, 7) is 1.26. The van der Waals surface area contributed by atoms with Gasteiger partial charge in [0.15, 0.2) is 0 Å². The number of hydrogen-bond donors (Lipinski definition) is 2. The molecule has 0 saturated carbocycles. The maximum atomic E-state index is 12.9. The first-order valence-electron chi connectivity index (χ1n) is 9.16. The zero-order valence-electron chi connectivity index (χ0n) is 14.8. The van der Waals surface area contributed by atoms with Gasteiger partial charge in [0.1, 0.15) is 0 Å². The van der Waals surface area contributed by atoms with E-state index in [0.29, 0.717) is 18.7 Å². The number of pyridine rings is 1. The van der Waals surface area contributed by atoms with Crippen LogP contribution in [0.25, 0.3) is 21.8 Å². The fraction of sp³-hybridized carbons (Fsp3) is 0.182. The van der Waals surface area contributed by atoms with Gasteiger partial charge < -0.3 is 14.9 Å². The summed E-state index contributed by atoms with van der Waals surface area (Å²) < 4.78 is 0. The second-order valence-corrected chi connectivity index (χ2v) is 7.08. The van der Waals surface area contributed by atoms with Gasteiger partial charge in [-0.25, -0.2) is 0 Å². The highest BCUT2D eigenvalue weighted by atomic mass is 16.2. The van der Waals surface area contributed by atoms with Crippen molar-refractivity contribution < 1.29 is 4.79 Å². The molecule has 0 aliphatic carbocycles. The Balaban J connectivity index is 1.42. The van der Waals surface area contributed by atoms with Gasteiger partial charge in [-0.2, -0.15) is 0 Å². The summed E-state index contributed by atoms with van der Waals surface area (Å²) >= 11 is 0. The molecule has 4 aromatic rings. The van der Waals surface area contributed by atoms with Crippen molar-refractivity contribution in [3.63, 3.8) is 0 Å². The normalized spacial score (nSPS) is 13.9. The number of rotatable bonds is 2. The van der Waals surface area contributed by atoms with Gasteiger partial charge in [0.05, 0.1) is 6.42 Å². The lowest BCUT2D eigenvalue weighted by Gasteiger charge is -2.27. The van der Waals surface area contributed by atoms with E-state index in [0.717, 1.165) is 22.8 Å². The van der Waals surface area contributed by atoms with Crippen molar-refractivity contribution in [2.45, 2.75) is 19.4 Å². The van der Waals surface area contributed by atoms with Crippen LogP contribution in [0.15, 0.2) is 59.4 Å². The summed E-state index contributed by atoms with van der Waals surface area (Å²) in [5, 5.41) is 2.12. The van der Waals surface area contributed by atoms with Crippen molar-refractivity contribution in [3.05, 3.63) is 81.8 Å². The van der Waals surface area contributed by atoms with E-state index in [1.54, 1.807) is 0 Å². The summed E-state index contributed by atoms with van der Waals surface area (Å²) in [6, 6.07) is 17.6. The van der Waals surface area contributed by atoms with Crippen LogP contribution < -0.4 is 5.56 Å². The summed E-state index contributed by atoms with van der Waals surface area (Å²) in [6.07, 6.45) is 0.932. The van der Waals surface area contributed by atoms with Gasteiger partial charge in [-0.1, -0.05) is 36.4 Å². The molecular formula is C22H19N3O2. The van der Waals surface area contributed by atoms with E-state index >= 15 is 0 Å². The van der Waals surface area contributed by atoms with Gasteiger partial charge in [0.25, 0.3) is 5.56 Å². The molecule has 27 heavy (non-hydrogen) atoms. The van der Waals surface area contributed by atoms with Gasteiger partial charge in [0, 0.05) is 52.8 Å². The zero-order valence-corrected chi connectivity index (χ0v) is 14.8. The number of nitrogens with zero attached hydrogens (tertiary/aromatic N) is 1. The molecular weight excluding hydrogens is 338 g/mol. The van der Waals surface area contributed by atoms with Crippen LogP contribution in [0.1, 0.15) is 16.8 Å². The predicted octanol–water partition coefficient (Wildman–Crippen LogP) is 3.14. The molecule has 1 aliphatic rings. The lowest BCUT2D eigenvalue weighted by molar-refractivity contribution is -0.131. The average molecular weight is 357 g/mol.